The Balaban J connectivity index is 1.95. The molecule has 0 saturated heterocycles. The average Bonchev–Trinajstić information content (AvgIpc) is 2.81. The van der Waals surface area contributed by atoms with Crippen LogP contribution in [0.15, 0.2) is 82.8 Å². The summed E-state index contributed by atoms with van der Waals surface area (Å²) in [6.45, 7) is 2.91. The summed E-state index contributed by atoms with van der Waals surface area (Å²) in [5.74, 6) is -0.333. The van der Waals surface area contributed by atoms with Gasteiger partial charge >= 0.3 is 0 Å². The molecule has 2 N–H and O–H groups in total. The molecular formula is C24H25N3O5S. The van der Waals surface area contributed by atoms with Crippen LogP contribution in [-0.4, -0.2) is 38.8 Å². The average molecular weight is 468 g/mol. The van der Waals surface area contributed by atoms with Crippen molar-refractivity contribution in [2.75, 3.05) is 18.0 Å². The third kappa shape index (κ3) is 5.50. The van der Waals surface area contributed by atoms with Gasteiger partial charge in [-0.1, -0.05) is 36.4 Å². The van der Waals surface area contributed by atoms with Crippen molar-refractivity contribution in [2.45, 2.75) is 18.7 Å². The van der Waals surface area contributed by atoms with Gasteiger partial charge in [0, 0.05) is 5.56 Å². The third-order valence-corrected chi connectivity index (χ3v) is 6.64. The van der Waals surface area contributed by atoms with Crippen molar-refractivity contribution in [3.05, 3.63) is 83.9 Å². The van der Waals surface area contributed by atoms with Crippen LogP contribution in [-0.2, 0) is 14.8 Å². The zero-order chi connectivity index (χ0) is 24.0. The zero-order valence-electron chi connectivity index (χ0n) is 18.5. The van der Waals surface area contributed by atoms with Crippen molar-refractivity contribution in [3.8, 4) is 11.5 Å². The van der Waals surface area contributed by atoms with Crippen LogP contribution in [0.4, 0.5) is 5.69 Å². The first-order chi connectivity index (χ1) is 15.7. The van der Waals surface area contributed by atoms with Crippen molar-refractivity contribution < 1.29 is 23.1 Å². The molecule has 0 aromatic heterocycles. The number of rotatable bonds is 8. The van der Waals surface area contributed by atoms with Gasteiger partial charge < -0.3 is 9.84 Å². The minimum absolute atomic E-state index is 0.0192. The molecule has 33 heavy (non-hydrogen) atoms. The fourth-order valence-corrected chi connectivity index (χ4v) is 4.61. The van der Waals surface area contributed by atoms with Gasteiger partial charge in [-0.15, -0.1) is 0 Å². The molecule has 9 heteroatoms. The summed E-state index contributed by atoms with van der Waals surface area (Å²) in [5.41, 5.74) is 4.23. The molecule has 172 valence electrons. The fraction of sp³-hybridized carbons (Fsp3) is 0.167. The number of carbonyl (C=O) groups is 1. The Hall–Kier alpha value is -3.85. The lowest BCUT2D eigenvalue weighted by atomic mass is 10.1. The lowest BCUT2D eigenvalue weighted by Gasteiger charge is -2.25. The van der Waals surface area contributed by atoms with Gasteiger partial charge in [0.25, 0.3) is 15.9 Å². The van der Waals surface area contributed by atoms with Crippen LogP contribution in [0.25, 0.3) is 0 Å². The largest absolute Gasteiger partial charge is 0.507 e. The van der Waals surface area contributed by atoms with Gasteiger partial charge in [-0.3, -0.25) is 9.10 Å². The normalized spacial score (nSPS) is 11.7. The molecule has 0 spiro atoms. The molecule has 0 aliphatic carbocycles. The molecule has 1 amide bonds. The van der Waals surface area contributed by atoms with Crippen molar-refractivity contribution in [3.63, 3.8) is 0 Å². The highest BCUT2D eigenvalue weighted by Gasteiger charge is 2.29. The molecule has 0 heterocycles. The number of hydrogen-bond acceptors (Lipinski definition) is 6. The van der Waals surface area contributed by atoms with Crippen LogP contribution in [0.3, 0.4) is 0 Å². The molecule has 0 atom stereocenters. The number of hydrogen-bond donors (Lipinski definition) is 2. The van der Waals surface area contributed by atoms with Gasteiger partial charge in [0.05, 0.1) is 23.4 Å². The van der Waals surface area contributed by atoms with Crippen LogP contribution in [0, 0.1) is 6.92 Å². The maximum atomic E-state index is 13.5. The van der Waals surface area contributed by atoms with E-state index in [0.29, 0.717) is 17.0 Å². The van der Waals surface area contributed by atoms with E-state index in [2.05, 4.69) is 10.5 Å². The summed E-state index contributed by atoms with van der Waals surface area (Å²) in [6.07, 6.45) is 0. The Morgan fingerprint density at radius 3 is 2.39 bits per heavy atom. The molecule has 0 saturated carbocycles. The standard InChI is InChI=1S/C24H25N3O5S/c1-17-13-14-23(32-3)21(15-17)27(33(30,31)19-9-5-4-6-10-19)16-24(29)26-25-18(2)20-11-7-8-12-22(20)28/h4-15,28H,16H2,1-3H3,(H,26,29). The molecule has 0 radical (unpaired) electrons. The molecule has 0 aliphatic heterocycles. The number of aromatic hydroxyl groups is 1. The molecule has 8 nitrogen and oxygen atoms in total. The van der Waals surface area contributed by atoms with Crippen molar-refractivity contribution in [1.82, 2.24) is 5.43 Å². The highest BCUT2D eigenvalue weighted by Crippen LogP contribution is 2.33. The van der Waals surface area contributed by atoms with E-state index in [9.17, 15) is 18.3 Å². The summed E-state index contributed by atoms with van der Waals surface area (Å²) in [7, 11) is -2.66. The number of ether oxygens (including phenoxy) is 1. The van der Waals surface area contributed by atoms with E-state index in [1.54, 1.807) is 61.5 Å². The quantitative estimate of drug-likeness (QED) is 0.390. The van der Waals surface area contributed by atoms with E-state index in [1.807, 2.05) is 6.92 Å². The van der Waals surface area contributed by atoms with Gasteiger partial charge in [-0.25, -0.2) is 13.8 Å². The number of phenols is 1. The Morgan fingerprint density at radius 1 is 1.06 bits per heavy atom. The topological polar surface area (TPSA) is 108 Å². The summed E-state index contributed by atoms with van der Waals surface area (Å²) in [4.78, 5) is 12.8. The second-order valence-electron chi connectivity index (χ2n) is 7.25. The molecule has 0 fully saturated rings. The minimum atomic E-state index is -4.09. The Kier molecular flexibility index (Phi) is 7.34. The van der Waals surface area contributed by atoms with Crippen molar-refractivity contribution in [1.29, 1.82) is 0 Å². The summed E-state index contributed by atoms with van der Waals surface area (Å²) < 4.78 is 33.3. The lowest BCUT2D eigenvalue weighted by molar-refractivity contribution is -0.119. The molecule has 3 aromatic rings. The summed E-state index contributed by atoms with van der Waals surface area (Å²) >= 11 is 0. The number of anilines is 1. The van der Waals surface area contributed by atoms with Gasteiger partial charge in [0.1, 0.15) is 18.0 Å². The van der Waals surface area contributed by atoms with Crippen LogP contribution >= 0.6 is 0 Å². The summed E-state index contributed by atoms with van der Waals surface area (Å²) in [6, 6.07) is 19.5. The first kappa shape index (κ1) is 23.8. The van der Waals surface area contributed by atoms with Gasteiger partial charge in [-0.05, 0) is 55.8 Å². The molecular weight excluding hydrogens is 442 g/mol. The monoisotopic (exact) mass is 467 g/mol. The second-order valence-corrected chi connectivity index (χ2v) is 9.11. The van der Waals surface area contributed by atoms with Crippen molar-refractivity contribution in [2.24, 2.45) is 5.10 Å². The van der Waals surface area contributed by atoms with E-state index >= 15 is 0 Å². The van der Waals surface area contributed by atoms with Crippen molar-refractivity contribution >= 4 is 27.3 Å². The highest BCUT2D eigenvalue weighted by atomic mass is 32.2. The number of nitrogens with zero attached hydrogens (tertiary/aromatic N) is 2. The minimum Gasteiger partial charge on any atom is -0.507 e. The second kappa shape index (κ2) is 10.2. The number of carbonyl (C=O) groups excluding carboxylic acids is 1. The number of benzene rings is 3. The van der Waals surface area contributed by atoms with Crippen LogP contribution < -0.4 is 14.5 Å². The number of amides is 1. The highest BCUT2D eigenvalue weighted by molar-refractivity contribution is 7.92. The number of sulfonamides is 1. The summed E-state index contributed by atoms with van der Waals surface area (Å²) in [5, 5.41) is 14.0. The number of hydrazone groups is 1. The predicted molar refractivity (Wildman–Crippen MR) is 127 cm³/mol. The maximum absolute atomic E-state index is 13.5. The lowest BCUT2D eigenvalue weighted by Crippen LogP contribution is -2.40. The third-order valence-electron chi connectivity index (χ3n) is 4.86. The van der Waals surface area contributed by atoms with E-state index in [4.69, 9.17) is 4.74 Å². The molecule has 0 aliphatic rings. The fourth-order valence-electron chi connectivity index (χ4n) is 3.17. The Labute approximate surface area is 193 Å². The van der Waals surface area contributed by atoms with Gasteiger partial charge in [0.15, 0.2) is 0 Å². The number of para-hydroxylation sites is 1. The van der Waals surface area contributed by atoms with E-state index in [1.165, 1.54) is 25.3 Å². The number of methoxy groups -OCH3 is 1. The van der Waals surface area contributed by atoms with Gasteiger partial charge in [-0.2, -0.15) is 5.10 Å². The van der Waals surface area contributed by atoms with E-state index in [-0.39, 0.29) is 16.3 Å². The van der Waals surface area contributed by atoms with E-state index < -0.39 is 22.5 Å². The molecule has 0 unspecified atom stereocenters. The Morgan fingerprint density at radius 2 is 1.73 bits per heavy atom. The first-order valence-corrected chi connectivity index (χ1v) is 11.5. The number of nitrogens with one attached hydrogen (secondary N) is 1. The smallest absolute Gasteiger partial charge is 0.264 e. The van der Waals surface area contributed by atoms with Crippen LogP contribution in [0.1, 0.15) is 18.1 Å². The Bertz CT molecular complexity index is 1270. The van der Waals surface area contributed by atoms with Crippen LogP contribution in [0.2, 0.25) is 0 Å². The van der Waals surface area contributed by atoms with Crippen LogP contribution in [0.5, 0.6) is 11.5 Å². The SMILES string of the molecule is COc1ccc(C)cc1N(CC(=O)NN=C(C)c1ccccc1O)S(=O)(=O)c1ccccc1. The number of aryl methyl sites for hydroxylation is 1. The zero-order valence-corrected chi connectivity index (χ0v) is 19.3. The molecule has 3 aromatic carbocycles. The van der Waals surface area contributed by atoms with Gasteiger partial charge in [0.2, 0.25) is 0 Å². The first-order valence-electron chi connectivity index (χ1n) is 10.1. The number of phenolic OH excluding ortho intramolecular Hbond substituents is 1. The molecule has 3 rings (SSSR count). The predicted octanol–water partition coefficient (Wildman–Crippen LogP) is 3.44. The maximum Gasteiger partial charge on any atom is 0.264 e. The molecule has 0 bridgehead atoms. The van der Waals surface area contributed by atoms with E-state index in [0.717, 1.165) is 9.87 Å².